The largest absolute Gasteiger partial charge is 0.477 e. The van der Waals surface area contributed by atoms with Crippen molar-refractivity contribution in [2.45, 2.75) is 39.7 Å². The molecule has 0 aliphatic rings. The minimum atomic E-state index is -0.204. The third kappa shape index (κ3) is 5.65. The average molecular weight is 282 g/mol. The Balaban J connectivity index is 2.56. The van der Waals surface area contributed by atoms with Crippen molar-refractivity contribution in [3.8, 4) is 11.8 Å². The summed E-state index contributed by atoms with van der Waals surface area (Å²) in [4.78, 5) is 4.28. The molecule has 5 nitrogen and oxygen atoms in total. The zero-order valence-corrected chi connectivity index (χ0v) is 13.1. The number of nitrogen functional groups attached to an aromatic ring is 1. The number of nitrogens with zero attached hydrogens (tertiary/aromatic N) is 1. The summed E-state index contributed by atoms with van der Waals surface area (Å²) in [7, 11) is 1.69. The van der Waals surface area contributed by atoms with Gasteiger partial charge in [-0.25, -0.2) is 0 Å². The van der Waals surface area contributed by atoms with E-state index in [1.807, 2.05) is 13.8 Å². The number of methoxy groups -OCH3 is 1. The molecular formula is C15H26N2O3. The monoisotopic (exact) mass is 282 g/mol. The maximum atomic E-state index is 5.83. The molecule has 1 heterocycles. The van der Waals surface area contributed by atoms with Crippen LogP contribution in [0, 0.1) is 5.92 Å². The van der Waals surface area contributed by atoms with Crippen LogP contribution in [0.3, 0.4) is 0 Å². The summed E-state index contributed by atoms with van der Waals surface area (Å²) in [5.74, 6) is 1.37. The Morgan fingerprint density at radius 1 is 1.25 bits per heavy atom. The number of nitrogens with two attached hydrogens (primary N) is 1. The fourth-order valence-electron chi connectivity index (χ4n) is 1.38. The molecule has 0 fully saturated rings. The molecule has 0 aliphatic heterocycles. The van der Waals surface area contributed by atoms with Gasteiger partial charge in [-0.15, -0.1) is 0 Å². The Hall–Kier alpha value is -1.49. The van der Waals surface area contributed by atoms with E-state index in [0.717, 1.165) is 6.42 Å². The topological polar surface area (TPSA) is 66.6 Å². The fraction of sp³-hybridized carbons (Fsp3) is 0.667. The van der Waals surface area contributed by atoms with Crippen molar-refractivity contribution in [3.63, 3.8) is 0 Å². The van der Waals surface area contributed by atoms with Crippen molar-refractivity contribution in [2.24, 2.45) is 5.92 Å². The van der Waals surface area contributed by atoms with Crippen molar-refractivity contribution < 1.29 is 14.2 Å². The summed E-state index contributed by atoms with van der Waals surface area (Å²) in [5, 5.41) is 0. The molecule has 2 N–H and O–H groups in total. The van der Waals surface area contributed by atoms with Gasteiger partial charge in [-0.3, -0.25) is 0 Å². The van der Waals surface area contributed by atoms with Crippen molar-refractivity contribution in [2.75, 3.05) is 26.1 Å². The van der Waals surface area contributed by atoms with Crippen LogP contribution < -0.4 is 15.2 Å². The molecule has 114 valence electrons. The smallest absolute Gasteiger partial charge is 0.240 e. The first-order chi connectivity index (χ1) is 9.34. The van der Waals surface area contributed by atoms with Crippen LogP contribution in [-0.2, 0) is 4.74 Å². The van der Waals surface area contributed by atoms with Gasteiger partial charge in [0, 0.05) is 19.6 Å². The molecule has 0 bridgehead atoms. The van der Waals surface area contributed by atoms with Crippen molar-refractivity contribution in [3.05, 3.63) is 12.1 Å². The van der Waals surface area contributed by atoms with Gasteiger partial charge in [0.15, 0.2) is 0 Å². The molecule has 1 aromatic heterocycles. The van der Waals surface area contributed by atoms with E-state index in [9.17, 15) is 0 Å². The summed E-state index contributed by atoms with van der Waals surface area (Å²) in [6.45, 7) is 9.29. The second-order valence-corrected chi connectivity index (χ2v) is 5.81. The number of hydrogen-bond donors (Lipinski definition) is 1. The minimum absolute atomic E-state index is 0.204. The van der Waals surface area contributed by atoms with E-state index < -0.39 is 0 Å². The number of ether oxygens (including phenoxy) is 3. The first-order valence-corrected chi connectivity index (χ1v) is 6.91. The summed E-state index contributed by atoms with van der Waals surface area (Å²) in [5.41, 5.74) is 6.15. The second-order valence-electron chi connectivity index (χ2n) is 5.81. The normalized spacial score (nSPS) is 11.7. The summed E-state index contributed by atoms with van der Waals surface area (Å²) in [6.07, 6.45) is 0.776. The average Bonchev–Trinajstić information content (AvgIpc) is 2.39. The number of anilines is 1. The Morgan fingerprint density at radius 2 is 1.95 bits per heavy atom. The van der Waals surface area contributed by atoms with Crippen LogP contribution in [0.1, 0.15) is 34.1 Å². The van der Waals surface area contributed by atoms with Crippen molar-refractivity contribution in [1.29, 1.82) is 0 Å². The maximum Gasteiger partial charge on any atom is 0.240 e. The Kier molecular flexibility index (Phi) is 6.07. The standard InChI is InChI=1S/C15H26N2O3/c1-11(2)10-20-14-12(16)6-7-13(17-14)19-9-8-15(3,4)18-5/h6-7,11H,8-10,16H2,1-5H3. The number of rotatable bonds is 8. The van der Waals surface area contributed by atoms with E-state index in [-0.39, 0.29) is 5.60 Å². The van der Waals surface area contributed by atoms with Crippen LogP contribution in [0.5, 0.6) is 11.8 Å². The summed E-state index contributed by atoms with van der Waals surface area (Å²) < 4.78 is 16.5. The van der Waals surface area contributed by atoms with Gasteiger partial charge in [0.05, 0.1) is 24.5 Å². The first-order valence-electron chi connectivity index (χ1n) is 6.91. The molecule has 0 saturated carbocycles. The van der Waals surface area contributed by atoms with Crippen LogP contribution in [0.25, 0.3) is 0 Å². The molecule has 0 spiro atoms. The lowest BCUT2D eigenvalue weighted by molar-refractivity contribution is 0.00504. The third-order valence-corrected chi connectivity index (χ3v) is 2.92. The highest BCUT2D eigenvalue weighted by Gasteiger charge is 2.16. The Morgan fingerprint density at radius 3 is 2.55 bits per heavy atom. The van der Waals surface area contributed by atoms with Gasteiger partial charge in [0.25, 0.3) is 0 Å². The molecule has 1 aromatic rings. The molecule has 20 heavy (non-hydrogen) atoms. The first kappa shape index (κ1) is 16.6. The van der Waals surface area contributed by atoms with E-state index in [0.29, 0.717) is 36.6 Å². The van der Waals surface area contributed by atoms with Crippen LogP contribution in [0.4, 0.5) is 5.69 Å². The Labute approximate surface area is 121 Å². The van der Waals surface area contributed by atoms with Gasteiger partial charge in [0.2, 0.25) is 11.8 Å². The van der Waals surface area contributed by atoms with Crippen molar-refractivity contribution >= 4 is 5.69 Å². The third-order valence-electron chi connectivity index (χ3n) is 2.92. The van der Waals surface area contributed by atoms with E-state index in [1.165, 1.54) is 0 Å². The van der Waals surface area contributed by atoms with Gasteiger partial charge < -0.3 is 19.9 Å². The molecule has 0 aliphatic carbocycles. The molecule has 0 amide bonds. The van der Waals surface area contributed by atoms with Crippen LogP contribution in [-0.4, -0.2) is 30.9 Å². The SMILES string of the molecule is COC(C)(C)CCOc1ccc(N)c(OCC(C)C)n1. The van der Waals surface area contributed by atoms with E-state index in [1.54, 1.807) is 19.2 Å². The molecule has 1 rings (SSSR count). The van der Waals surface area contributed by atoms with Gasteiger partial charge in [-0.05, 0) is 25.8 Å². The molecule has 0 atom stereocenters. The predicted molar refractivity (Wildman–Crippen MR) is 80.2 cm³/mol. The quantitative estimate of drug-likeness (QED) is 0.794. The lowest BCUT2D eigenvalue weighted by atomic mass is 10.1. The molecule has 0 unspecified atom stereocenters. The molecular weight excluding hydrogens is 256 g/mol. The predicted octanol–water partition coefficient (Wildman–Crippen LogP) is 2.89. The summed E-state index contributed by atoms with van der Waals surface area (Å²) >= 11 is 0. The lowest BCUT2D eigenvalue weighted by Gasteiger charge is -2.22. The molecule has 5 heteroatoms. The van der Waals surface area contributed by atoms with Gasteiger partial charge in [0.1, 0.15) is 0 Å². The van der Waals surface area contributed by atoms with Gasteiger partial charge in [-0.2, -0.15) is 4.98 Å². The minimum Gasteiger partial charge on any atom is -0.477 e. The van der Waals surface area contributed by atoms with Gasteiger partial charge >= 0.3 is 0 Å². The van der Waals surface area contributed by atoms with Crippen LogP contribution >= 0.6 is 0 Å². The maximum absolute atomic E-state index is 5.83. The number of aromatic nitrogens is 1. The van der Waals surface area contributed by atoms with Gasteiger partial charge in [-0.1, -0.05) is 13.8 Å². The molecule has 0 saturated heterocycles. The van der Waals surface area contributed by atoms with Crippen LogP contribution in [0.15, 0.2) is 12.1 Å². The highest BCUT2D eigenvalue weighted by molar-refractivity contribution is 5.49. The molecule has 0 radical (unpaired) electrons. The highest BCUT2D eigenvalue weighted by atomic mass is 16.5. The summed E-state index contributed by atoms with van der Waals surface area (Å²) in [6, 6.07) is 3.50. The zero-order chi connectivity index (χ0) is 15.2. The fourth-order valence-corrected chi connectivity index (χ4v) is 1.38. The second kappa shape index (κ2) is 7.33. The highest BCUT2D eigenvalue weighted by Crippen LogP contribution is 2.23. The van der Waals surface area contributed by atoms with Crippen molar-refractivity contribution in [1.82, 2.24) is 4.98 Å². The zero-order valence-electron chi connectivity index (χ0n) is 13.1. The Bertz CT molecular complexity index is 420. The van der Waals surface area contributed by atoms with Crippen LogP contribution in [0.2, 0.25) is 0 Å². The lowest BCUT2D eigenvalue weighted by Crippen LogP contribution is -2.25. The number of hydrogen-bond acceptors (Lipinski definition) is 5. The number of pyridine rings is 1. The van der Waals surface area contributed by atoms with E-state index in [4.69, 9.17) is 19.9 Å². The van der Waals surface area contributed by atoms with E-state index >= 15 is 0 Å². The van der Waals surface area contributed by atoms with E-state index in [2.05, 4.69) is 18.8 Å². The molecule has 0 aromatic carbocycles.